The summed E-state index contributed by atoms with van der Waals surface area (Å²) in [6.45, 7) is 0. The second-order valence-corrected chi connectivity index (χ2v) is 4.47. The Hall–Kier alpha value is -0.160. The minimum atomic E-state index is -0.356. The molecule has 4 fully saturated rings. The lowest BCUT2D eigenvalue weighted by Gasteiger charge is -2.59. The molecule has 4 nitrogen and oxygen atoms in total. The van der Waals surface area contributed by atoms with E-state index in [2.05, 4.69) is 4.90 Å². The van der Waals surface area contributed by atoms with E-state index in [1.807, 2.05) is 7.05 Å². The van der Waals surface area contributed by atoms with Crippen molar-refractivity contribution in [2.45, 2.75) is 49.3 Å². The van der Waals surface area contributed by atoms with Gasteiger partial charge in [-0.25, -0.2) is 0 Å². The van der Waals surface area contributed by atoms with Gasteiger partial charge in [-0.15, -0.1) is 0 Å². The highest BCUT2D eigenvalue weighted by molar-refractivity contribution is 5.08. The molecule has 4 heterocycles. The predicted molar refractivity (Wildman–Crippen MR) is 45.2 cm³/mol. The summed E-state index contributed by atoms with van der Waals surface area (Å²) in [5.41, 5.74) is 0. The lowest BCUT2D eigenvalue weighted by Crippen LogP contribution is -2.73. The molecule has 6 unspecified atom stereocenters. The first-order valence-corrected chi connectivity index (χ1v) is 4.92. The predicted octanol–water partition coefficient (Wildman–Crippen LogP) is -1.05. The second kappa shape index (κ2) is 2.45. The molecule has 0 amide bonds. The maximum Gasteiger partial charge on any atom is 0.0958 e. The van der Waals surface area contributed by atoms with Gasteiger partial charge in [0.1, 0.15) is 0 Å². The molecule has 13 heavy (non-hydrogen) atoms. The van der Waals surface area contributed by atoms with Crippen LogP contribution in [0.15, 0.2) is 0 Å². The van der Waals surface area contributed by atoms with Gasteiger partial charge in [0.15, 0.2) is 0 Å². The average molecular weight is 185 g/mol. The maximum absolute atomic E-state index is 9.84. The normalized spacial score (nSPS) is 60.2. The van der Waals surface area contributed by atoms with Crippen LogP contribution in [0.5, 0.6) is 0 Å². The van der Waals surface area contributed by atoms with Gasteiger partial charge in [0.05, 0.1) is 24.4 Å². The molecule has 4 aliphatic rings. The van der Waals surface area contributed by atoms with Gasteiger partial charge in [0.2, 0.25) is 0 Å². The molecular weight excluding hydrogens is 170 g/mol. The smallest absolute Gasteiger partial charge is 0.0958 e. The molecule has 74 valence electrons. The van der Waals surface area contributed by atoms with E-state index < -0.39 is 0 Å². The molecule has 4 saturated heterocycles. The van der Waals surface area contributed by atoms with Crippen molar-refractivity contribution in [2.24, 2.45) is 0 Å². The van der Waals surface area contributed by atoms with Crippen molar-refractivity contribution in [2.75, 3.05) is 7.05 Å². The van der Waals surface area contributed by atoms with Gasteiger partial charge < -0.3 is 14.9 Å². The minimum Gasteiger partial charge on any atom is -0.389 e. The molecule has 4 rings (SSSR count). The zero-order valence-electron chi connectivity index (χ0n) is 7.63. The zero-order chi connectivity index (χ0) is 9.16. The number of rotatable bonds is 0. The number of aliphatic hydroxyl groups is 2. The number of likely N-dealkylation sites (N-methyl/N-ethyl adjacent to an activating group) is 1. The van der Waals surface area contributed by atoms with Crippen LogP contribution >= 0.6 is 0 Å². The number of ether oxygens (including phenoxy) is 1. The first kappa shape index (κ1) is 8.17. The molecule has 0 saturated carbocycles. The number of aliphatic hydroxyl groups excluding tert-OH is 2. The summed E-state index contributed by atoms with van der Waals surface area (Å²) in [4.78, 5) is 2.12. The quantitative estimate of drug-likeness (QED) is 0.506. The standard InChI is InChI=1S/C9H15NO3/c1-10-4-2-6-9(12)5(10)3-7(13-6)8(4)11/h4-9,11-12H,2-3H2,1H3. The Morgan fingerprint density at radius 1 is 1.08 bits per heavy atom. The van der Waals surface area contributed by atoms with Crippen molar-refractivity contribution in [3.8, 4) is 0 Å². The summed E-state index contributed by atoms with van der Waals surface area (Å²) in [5.74, 6) is 0. The van der Waals surface area contributed by atoms with Crippen molar-refractivity contribution >= 4 is 0 Å². The Kier molecular flexibility index (Phi) is 1.54. The molecule has 0 spiro atoms. The molecule has 4 heteroatoms. The molecule has 0 aromatic rings. The van der Waals surface area contributed by atoms with Crippen molar-refractivity contribution < 1.29 is 14.9 Å². The summed E-state index contributed by atoms with van der Waals surface area (Å²) in [6.07, 6.45) is 0.759. The monoisotopic (exact) mass is 185 g/mol. The van der Waals surface area contributed by atoms with Gasteiger partial charge in [0.25, 0.3) is 0 Å². The molecule has 0 aromatic carbocycles. The minimum absolute atomic E-state index is 0.0339. The van der Waals surface area contributed by atoms with E-state index in [4.69, 9.17) is 4.74 Å². The number of piperidine rings is 2. The topological polar surface area (TPSA) is 52.9 Å². The van der Waals surface area contributed by atoms with E-state index in [1.165, 1.54) is 0 Å². The van der Waals surface area contributed by atoms with E-state index in [-0.39, 0.29) is 36.5 Å². The van der Waals surface area contributed by atoms with Gasteiger partial charge in [0, 0.05) is 12.1 Å². The third-order valence-corrected chi connectivity index (χ3v) is 3.89. The first-order valence-electron chi connectivity index (χ1n) is 4.92. The van der Waals surface area contributed by atoms with Crippen LogP contribution in [-0.4, -0.2) is 58.7 Å². The third-order valence-electron chi connectivity index (χ3n) is 3.89. The number of nitrogens with zero attached hydrogens (tertiary/aromatic N) is 1. The van der Waals surface area contributed by atoms with Crippen LogP contribution in [0.25, 0.3) is 0 Å². The Bertz CT molecular complexity index is 213. The van der Waals surface area contributed by atoms with Crippen LogP contribution in [0, 0.1) is 0 Å². The third kappa shape index (κ3) is 0.892. The fraction of sp³-hybridized carbons (Fsp3) is 1.00. The highest BCUT2D eigenvalue weighted by atomic mass is 16.5. The van der Waals surface area contributed by atoms with Gasteiger partial charge >= 0.3 is 0 Å². The molecule has 6 atom stereocenters. The van der Waals surface area contributed by atoms with Crippen molar-refractivity contribution in [1.82, 2.24) is 4.90 Å². The lowest BCUT2D eigenvalue weighted by atomic mass is 9.75. The van der Waals surface area contributed by atoms with Crippen LogP contribution in [0.4, 0.5) is 0 Å². The molecule has 4 bridgehead atoms. The molecule has 0 aromatic heterocycles. The molecule has 4 aliphatic heterocycles. The van der Waals surface area contributed by atoms with Crippen molar-refractivity contribution in [1.29, 1.82) is 0 Å². The highest BCUT2D eigenvalue weighted by Crippen LogP contribution is 2.41. The Morgan fingerprint density at radius 2 is 1.54 bits per heavy atom. The summed E-state index contributed by atoms with van der Waals surface area (Å²) in [5, 5.41) is 19.7. The molecule has 2 N–H and O–H groups in total. The first-order chi connectivity index (χ1) is 6.18. The average Bonchev–Trinajstić information content (AvgIpc) is 2.10. The van der Waals surface area contributed by atoms with Gasteiger partial charge in [-0.3, -0.25) is 4.90 Å². The highest BCUT2D eigenvalue weighted by Gasteiger charge is 2.56. The van der Waals surface area contributed by atoms with Gasteiger partial charge in [-0.05, 0) is 19.9 Å². The van der Waals surface area contributed by atoms with Crippen LogP contribution in [0.1, 0.15) is 12.8 Å². The number of hydrogen-bond donors (Lipinski definition) is 2. The van der Waals surface area contributed by atoms with E-state index in [1.54, 1.807) is 0 Å². The summed E-state index contributed by atoms with van der Waals surface area (Å²) in [7, 11) is 1.99. The Morgan fingerprint density at radius 3 is 2.00 bits per heavy atom. The van der Waals surface area contributed by atoms with Crippen LogP contribution < -0.4 is 0 Å². The fourth-order valence-electron chi connectivity index (χ4n) is 3.09. The lowest BCUT2D eigenvalue weighted by molar-refractivity contribution is -0.268. The van der Waals surface area contributed by atoms with Crippen molar-refractivity contribution in [3.63, 3.8) is 0 Å². The van der Waals surface area contributed by atoms with E-state index >= 15 is 0 Å². The van der Waals surface area contributed by atoms with E-state index in [9.17, 15) is 10.2 Å². The summed E-state index contributed by atoms with van der Waals surface area (Å²) >= 11 is 0. The second-order valence-electron chi connectivity index (χ2n) is 4.47. The zero-order valence-corrected chi connectivity index (χ0v) is 7.63. The van der Waals surface area contributed by atoms with E-state index in [0.29, 0.717) is 0 Å². The fourth-order valence-corrected chi connectivity index (χ4v) is 3.09. The van der Waals surface area contributed by atoms with Crippen LogP contribution in [-0.2, 0) is 4.74 Å². The largest absolute Gasteiger partial charge is 0.389 e. The molecular formula is C9H15NO3. The SMILES string of the molecule is CN1C2CC3OC(CC1C3O)C2O. The number of hydrogen-bond acceptors (Lipinski definition) is 4. The Balaban J connectivity index is 1.95. The summed E-state index contributed by atoms with van der Waals surface area (Å²) in [6, 6.07) is 0.400. The van der Waals surface area contributed by atoms with Gasteiger partial charge in [-0.2, -0.15) is 0 Å². The maximum atomic E-state index is 9.84. The van der Waals surface area contributed by atoms with Crippen LogP contribution in [0.3, 0.4) is 0 Å². The van der Waals surface area contributed by atoms with Gasteiger partial charge in [-0.1, -0.05) is 0 Å². The van der Waals surface area contributed by atoms with E-state index in [0.717, 1.165) is 12.8 Å². The molecule has 0 radical (unpaired) electrons. The van der Waals surface area contributed by atoms with Crippen molar-refractivity contribution in [3.05, 3.63) is 0 Å². The van der Waals surface area contributed by atoms with Crippen LogP contribution in [0.2, 0.25) is 0 Å². The Labute approximate surface area is 77.1 Å². The summed E-state index contributed by atoms with van der Waals surface area (Å²) < 4.78 is 5.57. The molecule has 0 aliphatic carbocycles.